The molecule has 6 heteroatoms. The van der Waals surface area contributed by atoms with Gasteiger partial charge in [-0.05, 0) is 53.4 Å². The highest BCUT2D eigenvalue weighted by Gasteiger charge is 2.43. The number of amides is 1. The maximum atomic E-state index is 12.3. The number of likely N-dealkylation sites (tertiary alicyclic amines) is 1. The van der Waals surface area contributed by atoms with Crippen molar-refractivity contribution in [3.05, 3.63) is 70.4 Å². The molecule has 0 bridgehead atoms. The van der Waals surface area contributed by atoms with Gasteiger partial charge in [-0.1, -0.05) is 30.3 Å². The third-order valence-corrected chi connectivity index (χ3v) is 6.49. The minimum atomic E-state index is -0.171. The first kappa shape index (κ1) is 16.7. The van der Waals surface area contributed by atoms with Gasteiger partial charge in [-0.3, -0.25) is 9.78 Å². The number of carbonyl (C=O) groups excluding carboxylic acids is 1. The standard InChI is InChI=1S/C21H19N3O2S/c25-19-18(12-15-4-3-9-22-13-15)27-20(23-19)24-10-7-21(8-11-24)17-6-2-1-5-16(17)14-26-21/h1-6,9,12-13H,7-8,10-11,14H2/b18-12+. The quantitative estimate of drug-likeness (QED) is 0.711. The van der Waals surface area contributed by atoms with Crippen molar-refractivity contribution in [1.82, 2.24) is 9.88 Å². The summed E-state index contributed by atoms with van der Waals surface area (Å²) in [6.07, 6.45) is 7.16. The van der Waals surface area contributed by atoms with Crippen LogP contribution in [0.25, 0.3) is 6.08 Å². The number of aromatic nitrogens is 1. The number of hydrogen-bond acceptors (Lipinski definition) is 5. The lowest BCUT2D eigenvalue weighted by Crippen LogP contribution is -2.44. The van der Waals surface area contributed by atoms with E-state index in [9.17, 15) is 4.79 Å². The summed E-state index contributed by atoms with van der Waals surface area (Å²) in [6.45, 7) is 2.38. The van der Waals surface area contributed by atoms with E-state index in [1.807, 2.05) is 18.2 Å². The van der Waals surface area contributed by atoms with E-state index in [1.54, 1.807) is 12.4 Å². The van der Waals surface area contributed by atoms with Crippen molar-refractivity contribution >= 4 is 28.9 Å². The summed E-state index contributed by atoms with van der Waals surface area (Å²) >= 11 is 1.46. The van der Waals surface area contributed by atoms with Crippen molar-refractivity contribution in [1.29, 1.82) is 0 Å². The summed E-state index contributed by atoms with van der Waals surface area (Å²) in [6, 6.07) is 12.3. The highest BCUT2D eigenvalue weighted by atomic mass is 32.2. The minimum Gasteiger partial charge on any atom is -0.365 e. The van der Waals surface area contributed by atoms with Crippen LogP contribution in [-0.2, 0) is 21.7 Å². The lowest BCUT2D eigenvalue weighted by atomic mass is 9.84. The van der Waals surface area contributed by atoms with Crippen LogP contribution in [0.15, 0.2) is 58.7 Å². The second-order valence-electron chi connectivity index (χ2n) is 7.02. The first-order valence-corrected chi connectivity index (χ1v) is 9.95. The molecule has 1 amide bonds. The average Bonchev–Trinajstić information content (AvgIpc) is 3.25. The number of hydrogen-bond donors (Lipinski definition) is 0. The molecule has 3 aliphatic heterocycles. The fraction of sp³-hybridized carbons (Fsp3) is 0.286. The zero-order chi connectivity index (χ0) is 18.3. The van der Waals surface area contributed by atoms with E-state index in [1.165, 1.54) is 22.9 Å². The maximum Gasteiger partial charge on any atom is 0.286 e. The number of pyridine rings is 1. The molecule has 5 rings (SSSR count). The van der Waals surface area contributed by atoms with E-state index in [2.05, 4.69) is 39.1 Å². The Balaban J connectivity index is 1.29. The average molecular weight is 377 g/mol. The van der Waals surface area contributed by atoms with Gasteiger partial charge in [-0.15, -0.1) is 0 Å². The lowest BCUT2D eigenvalue weighted by Gasteiger charge is -2.39. The summed E-state index contributed by atoms with van der Waals surface area (Å²) in [5.41, 5.74) is 3.38. The van der Waals surface area contributed by atoms with Crippen molar-refractivity contribution < 1.29 is 9.53 Å². The Kier molecular flexibility index (Phi) is 4.10. The van der Waals surface area contributed by atoms with Gasteiger partial charge in [-0.25, -0.2) is 0 Å². The molecule has 136 valence electrons. The number of rotatable bonds is 1. The second-order valence-corrected chi connectivity index (χ2v) is 8.03. The molecule has 4 heterocycles. The van der Waals surface area contributed by atoms with Gasteiger partial charge in [0.1, 0.15) is 0 Å². The van der Waals surface area contributed by atoms with Gasteiger partial charge in [0, 0.05) is 25.5 Å². The maximum absolute atomic E-state index is 12.3. The highest BCUT2D eigenvalue weighted by molar-refractivity contribution is 8.18. The van der Waals surface area contributed by atoms with E-state index in [0.717, 1.165) is 36.7 Å². The fourth-order valence-corrected chi connectivity index (χ4v) is 4.97. The van der Waals surface area contributed by atoms with Crippen molar-refractivity contribution in [2.24, 2.45) is 4.99 Å². The number of thioether (sulfide) groups is 1. The largest absolute Gasteiger partial charge is 0.365 e. The van der Waals surface area contributed by atoms with Gasteiger partial charge >= 0.3 is 0 Å². The van der Waals surface area contributed by atoms with Crippen LogP contribution in [0.2, 0.25) is 0 Å². The number of carbonyl (C=O) groups is 1. The Morgan fingerprint density at radius 3 is 2.81 bits per heavy atom. The van der Waals surface area contributed by atoms with E-state index >= 15 is 0 Å². The van der Waals surface area contributed by atoms with Gasteiger partial charge in [0.2, 0.25) is 0 Å². The molecule has 0 saturated carbocycles. The molecule has 5 nitrogen and oxygen atoms in total. The van der Waals surface area contributed by atoms with Crippen LogP contribution in [0, 0.1) is 0 Å². The van der Waals surface area contributed by atoms with Crippen LogP contribution in [0.1, 0.15) is 29.5 Å². The molecule has 0 radical (unpaired) electrons. The molecule has 1 aromatic heterocycles. The normalized spacial score (nSPS) is 22.4. The molecule has 2 aromatic rings. The Morgan fingerprint density at radius 1 is 1.15 bits per heavy atom. The SMILES string of the molecule is O=C1N=C(N2CCC3(CC2)OCc2ccccc23)S/C1=C/c1cccnc1. The Bertz CT molecular complexity index is 947. The van der Waals surface area contributed by atoms with Crippen LogP contribution in [0.5, 0.6) is 0 Å². The first-order chi connectivity index (χ1) is 13.2. The number of fused-ring (bicyclic) bond motifs is 2. The van der Waals surface area contributed by atoms with Crippen LogP contribution in [0.4, 0.5) is 0 Å². The minimum absolute atomic E-state index is 0.165. The molecule has 27 heavy (non-hydrogen) atoms. The smallest absolute Gasteiger partial charge is 0.286 e. The first-order valence-electron chi connectivity index (χ1n) is 9.13. The van der Waals surface area contributed by atoms with Crippen molar-refractivity contribution in [3.63, 3.8) is 0 Å². The highest BCUT2D eigenvalue weighted by Crippen LogP contribution is 2.45. The van der Waals surface area contributed by atoms with Crippen molar-refractivity contribution in [2.45, 2.75) is 25.0 Å². The summed E-state index contributed by atoms with van der Waals surface area (Å²) in [5.74, 6) is -0.165. The van der Waals surface area contributed by atoms with E-state index in [-0.39, 0.29) is 11.5 Å². The number of ether oxygens (including phenoxy) is 1. The molecule has 1 spiro atoms. The predicted molar refractivity (Wildman–Crippen MR) is 106 cm³/mol. The van der Waals surface area contributed by atoms with E-state index < -0.39 is 0 Å². The molecule has 0 aliphatic carbocycles. The molecular weight excluding hydrogens is 358 g/mol. The summed E-state index contributed by atoms with van der Waals surface area (Å²) in [4.78, 5) is 23.5. The summed E-state index contributed by atoms with van der Waals surface area (Å²) in [5, 5.41) is 0.802. The van der Waals surface area contributed by atoms with Gasteiger partial charge in [0.05, 0.1) is 17.1 Å². The molecule has 0 unspecified atom stereocenters. The number of piperidine rings is 1. The molecular formula is C21H19N3O2S. The van der Waals surface area contributed by atoms with E-state index in [4.69, 9.17) is 4.74 Å². The van der Waals surface area contributed by atoms with Gasteiger partial charge in [0.25, 0.3) is 5.91 Å². The lowest BCUT2D eigenvalue weighted by molar-refractivity contribution is -0.113. The fourth-order valence-electron chi connectivity index (χ4n) is 4.00. The van der Waals surface area contributed by atoms with Crippen LogP contribution >= 0.6 is 11.8 Å². The molecule has 1 fully saturated rings. The molecule has 0 atom stereocenters. The number of benzene rings is 1. The number of nitrogens with zero attached hydrogens (tertiary/aromatic N) is 3. The van der Waals surface area contributed by atoms with Gasteiger partial charge in [0.15, 0.2) is 5.17 Å². The van der Waals surface area contributed by atoms with Gasteiger partial charge < -0.3 is 9.64 Å². The monoisotopic (exact) mass is 377 g/mol. The van der Waals surface area contributed by atoms with Crippen molar-refractivity contribution in [3.8, 4) is 0 Å². The second kappa shape index (κ2) is 6.62. The Labute approximate surface area is 162 Å². The Morgan fingerprint density at radius 2 is 2.00 bits per heavy atom. The Hall–Kier alpha value is -2.44. The zero-order valence-corrected chi connectivity index (χ0v) is 15.6. The third kappa shape index (κ3) is 2.99. The summed E-state index contributed by atoms with van der Waals surface area (Å²) in [7, 11) is 0. The topological polar surface area (TPSA) is 54.8 Å². The predicted octanol–water partition coefficient (Wildman–Crippen LogP) is 3.57. The van der Waals surface area contributed by atoms with E-state index in [0.29, 0.717) is 11.5 Å². The molecule has 0 N–H and O–H groups in total. The molecule has 3 aliphatic rings. The zero-order valence-electron chi connectivity index (χ0n) is 14.8. The van der Waals surface area contributed by atoms with Crippen molar-refractivity contribution in [2.75, 3.05) is 13.1 Å². The summed E-state index contributed by atoms with van der Waals surface area (Å²) < 4.78 is 6.23. The van der Waals surface area contributed by atoms with Crippen LogP contribution in [-0.4, -0.2) is 34.0 Å². The number of amidine groups is 1. The molecule has 1 aromatic carbocycles. The number of aliphatic imine (C=N–C) groups is 1. The van der Waals surface area contributed by atoms with Gasteiger partial charge in [-0.2, -0.15) is 4.99 Å². The molecule has 1 saturated heterocycles. The third-order valence-electron chi connectivity index (χ3n) is 5.45. The van der Waals surface area contributed by atoms with Crippen LogP contribution < -0.4 is 0 Å². The van der Waals surface area contributed by atoms with Crippen LogP contribution in [0.3, 0.4) is 0 Å².